The van der Waals surface area contributed by atoms with Gasteiger partial charge in [-0.15, -0.1) is 12.4 Å². The molecule has 0 aliphatic carbocycles. The minimum atomic E-state index is -4.25. The van der Waals surface area contributed by atoms with E-state index in [1.54, 1.807) is 18.2 Å². The Hall–Kier alpha value is -0.690. The van der Waals surface area contributed by atoms with Crippen LogP contribution in [0.3, 0.4) is 0 Å². The van der Waals surface area contributed by atoms with Gasteiger partial charge >= 0.3 is 6.18 Å². The summed E-state index contributed by atoms with van der Waals surface area (Å²) in [7, 11) is 1.45. The quantitative estimate of drug-likeness (QED) is 0.888. The van der Waals surface area contributed by atoms with E-state index >= 15 is 0 Å². The Labute approximate surface area is 139 Å². The van der Waals surface area contributed by atoms with Crippen molar-refractivity contribution >= 4 is 24.0 Å². The molecule has 1 saturated heterocycles. The van der Waals surface area contributed by atoms with Crippen LogP contribution in [0.25, 0.3) is 0 Å². The van der Waals surface area contributed by atoms with Gasteiger partial charge in [-0.25, -0.2) is 0 Å². The SMILES string of the molecule is COc1ccc(Cl)cc1[C@@H](CC(F)(F)F)N1CCNCC1.Cl. The number of hydrogen-bond donors (Lipinski definition) is 1. The zero-order valence-corrected chi connectivity index (χ0v) is 13.7. The topological polar surface area (TPSA) is 24.5 Å². The smallest absolute Gasteiger partial charge is 0.390 e. The molecule has 3 nitrogen and oxygen atoms in total. The second-order valence-electron chi connectivity index (χ2n) is 5.01. The van der Waals surface area contributed by atoms with Crippen molar-refractivity contribution in [3.8, 4) is 5.75 Å². The summed E-state index contributed by atoms with van der Waals surface area (Å²) in [6.07, 6.45) is -5.16. The number of benzene rings is 1. The van der Waals surface area contributed by atoms with Gasteiger partial charge in [0.1, 0.15) is 5.75 Å². The summed E-state index contributed by atoms with van der Waals surface area (Å²) in [5.74, 6) is 0.437. The fourth-order valence-electron chi connectivity index (χ4n) is 2.61. The Bertz CT molecular complexity index is 480. The van der Waals surface area contributed by atoms with E-state index in [4.69, 9.17) is 16.3 Å². The van der Waals surface area contributed by atoms with E-state index in [9.17, 15) is 13.2 Å². The first kappa shape index (κ1) is 19.4. The highest BCUT2D eigenvalue weighted by atomic mass is 35.5. The first-order chi connectivity index (χ1) is 9.90. The number of piperazine rings is 1. The van der Waals surface area contributed by atoms with E-state index in [0.29, 0.717) is 42.5 Å². The Morgan fingerprint density at radius 2 is 1.95 bits per heavy atom. The van der Waals surface area contributed by atoms with Crippen LogP contribution in [0.2, 0.25) is 5.02 Å². The third kappa shape index (κ3) is 5.19. The highest BCUT2D eigenvalue weighted by Gasteiger charge is 2.37. The van der Waals surface area contributed by atoms with Gasteiger partial charge in [0.25, 0.3) is 0 Å². The first-order valence-electron chi connectivity index (χ1n) is 6.75. The maximum atomic E-state index is 13.0. The van der Waals surface area contributed by atoms with Crippen molar-refractivity contribution in [2.24, 2.45) is 0 Å². The van der Waals surface area contributed by atoms with E-state index < -0.39 is 18.6 Å². The van der Waals surface area contributed by atoms with E-state index in [1.165, 1.54) is 7.11 Å². The molecule has 1 heterocycles. The first-order valence-corrected chi connectivity index (χ1v) is 7.13. The van der Waals surface area contributed by atoms with Gasteiger partial charge in [-0.1, -0.05) is 11.6 Å². The number of methoxy groups -OCH3 is 1. The Morgan fingerprint density at radius 1 is 1.32 bits per heavy atom. The summed E-state index contributed by atoms with van der Waals surface area (Å²) in [6.45, 7) is 2.49. The van der Waals surface area contributed by atoms with E-state index in [0.717, 1.165) is 0 Å². The average molecular weight is 359 g/mol. The third-order valence-electron chi connectivity index (χ3n) is 3.57. The van der Waals surface area contributed by atoms with Crippen LogP contribution in [-0.2, 0) is 0 Å². The largest absolute Gasteiger partial charge is 0.496 e. The van der Waals surface area contributed by atoms with Crippen LogP contribution >= 0.6 is 24.0 Å². The highest BCUT2D eigenvalue weighted by molar-refractivity contribution is 6.30. The molecule has 0 aromatic heterocycles. The monoisotopic (exact) mass is 358 g/mol. The van der Waals surface area contributed by atoms with Crippen LogP contribution < -0.4 is 10.1 Å². The molecule has 0 spiro atoms. The fourth-order valence-corrected chi connectivity index (χ4v) is 2.79. The van der Waals surface area contributed by atoms with Gasteiger partial charge in [0.05, 0.1) is 13.5 Å². The summed E-state index contributed by atoms with van der Waals surface area (Å²) in [4.78, 5) is 1.83. The minimum absolute atomic E-state index is 0. The van der Waals surface area contributed by atoms with E-state index in [-0.39, 0.29) is 12.4 Å². The number of nitrogens with one attached hydrogen (secondary N) is 1. The van der Waals surface area contributed by atoms with Crippen molar-refractivity contribution in [1.82, 2.24) is 10.2 Å². The lowest BCUT2D eigenvalue weighted by molar-refractivity contribution is -0.148. The predicted octanol–water partition coefficient (Wildman–Crippen LogP) is 3.67. The maximum absolute atomic E-state index is 13.0. The van der Waals surface area contributed by atoms with Crippen molar-refractivity contribution in [2.75, 3.05) is 33.3 Å². The van der Waals surface area contributed by atoms with Gasteiger partial charge in [0.15, 0.2) is 0 Å². The zero-order valence-electron chi connectivity index (χ0n) is 12.1. The molecular formula is C14H19Cl2F3N2O. The Morgan fingerprint density at radius 3 is 2.50 bits per heavy atom. The second kappa shape index (κ2) is 8.24. The molecule has 126 valence electrons. The maximum Gasteiger partial charge on any atom is 0.390 e. The lowest BCUT2D eigenvalue weighted by Gasteiger charge is -2.36. The second-order valence-corrected chi connectivity index (χ2v) is 5.44. The van der Waals surface area contributed by atoms with Gasteiger partial charge in [-0.05, 0) is 18.2 Å². The van der Waals surface area contributed by atoms with Crippen LogP contribution in [0.4, 0.5) is 13.2 Å². The van der Waals surface area contributed by atoms with Crippen molar-refractivity contribution in [1.29, 1.82) is 0 Å². The Kier molecular flexibility index (Phi) is 7.25. The van der Waals surface area contributed by atoms with Crippen LogP contribution in [0.5, 0.6) is 5.75 Å². The van der Waals surface area contributed by atoms with Crippen molar-refractivity contribution < 1.29 is 17.9 Å². The normalized spacial score (nSPS) is 17.7. The van der Waals surface area contributed by atoms with Gasteiger partial charge in [0, 0.05) is 42.8 Å². The predicted molar refractivity (Wildman–Crippen MR) is 83.1 cm³/mol. The summed E-state index contributed by atoms with van der Waals surface area (Å²) in [6, 6.07) is 4.02. The van der Waals surface area contributed by atoms with Crippen molar-refractivity contribution in [2.45, 2.75) is 18.6 Å². The molecule has 1 N–H and O–H groups in total. The summed E-state index contributed by atoms with van der Waals surface area (Å²) in [5, 5.41) is 3.55. The van der Waals surface area contributed by atoms with E-state index in [1.807, 2.05) is 4.90 Å². The number of alkyl halides is 3. The highest BCUT2D eigenvalue weighted by Crippen LogP contribution is 2.39. The molecule has 22 heavy (non-hydrogen) atoms. The van der Waals surface area contributed by atoms with Gasteiger partial charge < -0.3 is 10.1 Å². The molecule has 1 aromatic carbocycles. The summed E-state index contributed by atoms with van der Waals surface area (Å²) >= 11 is 5.96. The molecule has 2 rings (SSSR count). The molecule has 0 saturated carbocycles. The number of nitrogens with zero attached hydrogens (tertiary/aromatic N) is 1. The molecule has 1 atom stereocenters. The van der Waals surface area contributed by atoms with Gasteiger partial charge in [-0.2, -0.15) is 13.2 Å². The van der Waals surface area contributed by atoms with Crippen LogP contribution in [0.1, 0.15) is 18.0 Å². The standard InChI is InChI=1S/C14H18ClF3N2O.ClH/c1-21-13-3-2-10(15)8-11(13)12(9-14(16,17)18)20-6-4-19-5-7-20;/h2-3,8,12,19H,4-7,9H2,1H3;1H/t12-;/m1./s1. The number of rotatable bonds is 4. The zero-order chi connectivity index (χ0) is 15.5. The number of halogens is 5. The molecule has 8 heteroatoms. The number of ether oxygens (including phenoxy) is 1. The van der Waals surface area contributed by atoms with Gasteiger partial charge in [0.2, 0.25) is 0 Å². The van der Waals surface area contributed by atoms with Crippen molar-refractivity contribution in [3.05, 3.63) is 28.8 Å². The molecular weight excluding hydrogens is 340 g/mol. The molecule has 1 aliphatic rings. The average Bonchev–Trinajstić information content (AvgIpc) is 2.45. The van der Waals surface area contributed by atoms with Crippen LogP contribution in [0, 0.1) is 0 Å². The fraction of sp³-hybridized carbons (Fsp3) is 0.571. The lowest BCUT2D eigenvalue weighted by atomic mass is 9.99. The summed E-state index contributed by atoms with van der Waals surface area (Å²) < 4.78 is 44.1. The minimum Gasteiger partial charge on any atom is -0.496 e. The van der Waals surface area contributed by atoms with Crippen molar-refractivity contribution in [3.63, 3.8) is 0 Å². The van der Waals surface area contributed by atoms with E-state index in [2.05, 4.69) is 5.32 Å². The van der Waals surface area contributed by atoms with Crippen LogP contribution in [-0.4, -0.2) is 44.4 Å². The molecule has 0 bridgehead atoms. The molecule has 0 radical (unpaired) electrons. The van der Waals surface area contributed by atoms with Gasteiger partial charge in [-0.3, -0.25) is 4.90 Å². The molecule has 0 amide bonds. The molecule has 1 fully saturated rings. The summed E-state index contributed by atoms with van der Waals surface area (Å²) in [5.41, 5.74) is 0.490. The number of hydrogen-bond acceptors (Lipinski definition) is 3. The molecule has 1 aliphatic heterocycles. The third-order valence-corrected chi connectivity index (χ3v) is 3.80. The lowest BCUT2D eigenvalue weighted by Crippen LogP contribution is -2.46. The Balaban J connectivity index is 0.00000242. The molecule has 0 unspecified atom stereocenters. The molecule has 1 aromatic rings. The van der Waals surface area contributed by atoms with Crippen LogP contribution in [0.15, 0.2) is 18.2 Å².